The number of oxime groups is 1. The SMILES string of the molecule is C/C(=N\OCc1ccc(F)cc1)c1nc2ccc(Cl)cc2[nH]1. The van der Waals surface area contributed by atoms with Crippen LogP contribution < -0.4 is 0 Å². The van der Waals surface area contributed by atoms with Crippen molar-refractivity contribution < 1.29 is 9.23 Å². The Morgan fingerprint density at radius 2 is 2.05 bits per heavy atom. The Balaban J connectivity index is 1.71. The lowest BCUT2D eigenvalue weighted by atomic mass is 10.2. The Bertz CT molecular complexity index is 827. The number of hydrogen-bond donors (Lipinski definition) is 1. The summed E-state index contributed by atoms with van der Waals surface area (Å²) in [4.78, 5) is 12.8. The molecule has 0 amide bonds. The number of aromatic amines is 1. The maximum Gasteiger partial charge on any atom is 0.156 e. The van der Waals surface area contributed by atoms with Crippen LogP contribution in [0.5, 0.6) is 0 Å². The lowest BCUT2D eigenvalue weighted by molar-refractivity contribution is 0.130. The lowest BCUT2D eigenvalue weighted by Crippen LogP contribution is -1.99. The monoisotopic (exact) mass is 317 g/mol. The van der Waals surface area contributed by atoms with E-state index in [1.807, 2.05) is 6.07 Å². The number of fused-ring (bicyclic) bond motifs is 1. The highest BCUT2D eigenvalue weighted by Crippen LogP contribution is 2.17. The van der Waals surface area contributed by atoms with E-state index in [2.05, 4.69) is 15.1 Å². The number of imidazole rings is 1. The second-order valence-corrected chi connectivity index (χ2v) is 5.26. The lowest BCUT2D eigenvalue weighted by Gasteiger charge is -2.01. The first kappa shape index (κ1) is 14.5. The summed E-state index contributed by atoms with van der Waals surface area (Å²) in [6.07, 6.45) is 0. The van der Waals surface area contributed by atoms with Gasteiger partial charge in [-0.1, -0.05) is 28.9 Å². The van der Waals surface area contributed by atoms with E-state index < -0.39 is 0 Å². The molecule has 0 fully saturated rings. The molecule has 0 aliphatic carbocycles. The zero-order valence-electron chi connectivity index (χ0n) is 11.8. The molecule has 0 unspecified atom stereocenters. The second kappa shape index (κ2) is 6.15. The molecule has 0 spiro atoms. The van der Waals surface area contributed by atoms with Crippen molar-refractivity contribution in [1.29, 1.82) is 0 Å². The number of H-pyrrole nitrogens is 1. The van der Waals surface area contributed by atoms with Gasteiger partial charge in [-0.05, 0) is 42.8 Å². The van der Waals surface area contributed by atoms with Crippen molar-refractivity contribution in [1.82, 2.24) is 9.97 Å². The molecule has 0 atom stereocenters. The number of aromatic nitrogens is 2. The molecule has 4 nitrogen and oxygen atoms in total. The fourth-order valence-electron chi connectivity index (χ4n) is 1.98. The molecule has 112 valence electrons. The molecule has 0 radical (unpaired) electrons. The molecular weight excluding hydrogens is 305 g/mol. The van der Waals surface area contributed by atoms with Gasteiger partial charge in [-0.15, -0.1) is 0 Å². The molecule has 0 saturated carbocycles. The van der Waals surface area contributed by atoms with Crippen molar-refractivity contribution in [3.63, 3.8) is 0 Å². The number of halogens is 2. The Kier molecular flexibility index (Phi) is 4.06. The summed E-state index contributed by atoms with van der Waals surface area (Å²) in [5.74, 6) is 0.348. The molecule has 6 heteroatoms. The van der Waals surface area contributed by atoms with Gasteiger partial charge in [-0.3, -0.25) is 0 Å². The molecule has 22 heavy (non-hydrogen) atoms. The van der Waals surface area contributed by atoms with Gasteiger partial charge in [0.25, 0.3) is 0 Å². The summed E-state index contributed by atoms with van der Waals surface area (Å²) in [5, 5.41) is 4.67. The van der Waals surface area contributed by atoms with E-state index in [0.717, 1.165) is 16.6 Å². The summed E-state index contributed by atoms with van der Waals surface area (Å²) in [5.41, 5.74) is 3.12. The first-order valence-electron chi connectivity index (χ1n) is 6.68. The van der Waals surface area contributed by atoms with Gasteiger partial charge in [0.2, 0.25) is 0 Å². The third-order valence-electron chi connectivity index (χ3n) is 3.13. The van der Waals surface area contributed by atoms with Gasteiger partial charge in [-0.25, -0.2) is 9.37 Å². The van der Waals surface area contributed by atoms with Gasteiger partial charge in [0.15, 0.2) is 5.82 Å². The fourth-order valence-corrected chi connectivity index (χ4v) is 2.15. The quantitative estimate of drug-likeness (QED) is 0.576. The van der Waals surface area contributed by atoms with Crippen molar-refractivity contribution in [2.45, 2.75) is 13.5 Å². The van der Waals surface area contributed by atoms with Crippen molar-refractivity contribution >= 4 is 28.3 Å². The highest BCUT2D eigenvalue weighted by atomic mass is 35.5. The van der Waals surface area contributed by atoms with Crippen LogP contribution in [0.1, 0.15) is 18.3 Å². The van der Waals surface area contributed by atoms with Gasteiger partial charge < -0.3 is 9.82 Å². The van der Waals surface area contributed by atoms with E-state index in [0.29, 0.717) is 16.6 Å². The largest absolute Gasteiger partial charge is 0.391 e. The molecule has 2 aromatic carbocycles. The van der Waals surface area contributed by atoms with Crippen LogP contribution >= 0.6 is 11.6 Å². The van der Waals surface area contributed by atoms with Crippen LogP contribution in [-0.4, -0.2) is 15.7 Å². The molecule has 0 aliphatic heterocycles. The first-order chi connectivity index (χ1) is 10.6. The minimum atomic E-state index is -0.274. The van der Waals surface area contributed by atoms with Crippen LogP contribution in [0.3, 0.4) is 0 Å². The summed E-state index contributed by atoms with van der Waals surface area (Å²) in [7, 11) is 0. The van der Waals surface area contributed by atoms with Gasteiger partial charge in [-0.2, -0.15) is 0 Å². The molecule has 3 aromatic rings. The molecular formula is C16H13ClFN3O. The summed E-state index contributed by atoms with van der Waals surface area (Å²) in [6.45, 7) is 2.06. The van der Waals surface area contributed by atoms with E-state index in [1.165, 1.54) is 12.1 Å². The summed E-state index contributed by atoms with van der Waals surface area (Å²) < 4.78 is 12.8. The van der Waals surface area contributed by atoms with Crippen LogP contribution in [0, 0.1) is 5.82 Å². The Labute approximate surface area is 131 Å². The summed E-state index contributed by atoms with van der Waals surface area (Å²) in [6, 6.07) is 11.5. The fraction of sp³-hybridized carbons (Fsp3) is 0.125. The van der Waals surface area contributed by atoms with Crippen molar-refractivity contribution in [3.05, 3.63) is 64.7 Å². The molecule has 3 rings (SSSR count). The average Bonchev–Trinajstić information content (AvgIpc) is 2.92. The van der Waals surface area contributed by atoms with E-state index in [1.54, 1.807) is 31.2 Å². The number of rotatable bonds is 4. The molecule has 0 saturated heterocycles. The first-order valence-corrected chi connectivity index (χ1v) is 7.06. The zero-order chi connectivity index (χ0) is 15.5. The maximum atomic E-state index is 12.8. The topological polar surface area (TPSA) is 50.3 Å². The number of benzene rings is 2. The van der Waals surface area contributed by atoms with Crippen molar-refractivity contribution in [2.24, 2.45) is 5.16 Å². The predicted octanol–water partition coefficient (Wildman–Crippen LogP) is 4.30. The van der Waals surface area contributed by atoms with Gasteiger partial charge in [0, 0.05) is 5.02 Å². The van der Waals surface area contributed by atoms with Gasteiger partial charge in [0.05, 0.1) is 11.0 Å². The third-order valence-corrected chi connectivity index (χ3v) is 3.37. The normalized spacial score (nSPS) is 11.9. The standard InChI is InChI=1S/C16H13ClFN3O/c1-10(21-22-9-11-2-5-13(18)6-3-11)16-19-14-7-4-12(17)8-15(14)20-16/h2-8H,9H2,1H3,(H,19,20)/b21-10+. The van der Waals surface area contributed by atoms with E-state index in [9.17, 15) is 4.39 Å². The Morgan fingerprint density at radius 3 is 2.82 bits per heavy atom. The number of nitrogens with zero attached hydrogens (tertiary/aromatic N) is 2. The van der Waals surface area contributed by atoms with E-state index in [-0.39, 0.29) is 12.4 Å². The van der Waals surface area contributed by atoms with E-state index >= 15 is 0 Å². The van der Waals surface area contributed by atoms with Crippen LogP contribution in [0.15, 0.2) is 47.6 Å². The highest BCUT2D eigenvalue weighted by Gasteiger charge is 2.06. The van der Waals surface area contributed by atoms with Crippen LogP contribution in [0.2, 0.25) is 5.02 Å². The molecule has 1 aromatic heterocycles. The smallest absolute Gasteiger partial charge is 0.156 e. The minimum Gasteiger partial charge on any atom is -0.391 e. The maximum absolute atomic E-state index is 12.8. The van der Waals surface area contributed by atoms with Gasteiger partial charge in [0.1, 0.15) is 18.1 Å². The molecule has 0 bridgehead atoms. The van der Waals surface area contributed by atoms with Crippen molar-refractivity contribution in [3.8, 4) is 0 Å². The average molecular weight is 318 g/mol. The van der Waals surface area contributed by atoms with E-state index in [4.69, 9.17) is 16.4 Å². The minimum absolute atomic E-state index is 0.268. The van der Waals surface area contributed by atoms with Crippen molar-refractivity contribution in [2.75, 3.05) is 0 Å². The predicted molar refractivity (Wildman–Crippen MR) is 84.5 cm³/mol. The zero-order valence-corrected chi connectivity index (χ0v) is 12.6. The Hall–Kier alpha value is -2.40. The summed E-state index contributed by atoms with van der Waals surface area (Å²) >= 11 is 5.94. The third kappa shape index (κ3) is 3.26. The second-order valence-electron chi connectivity index (χ2n) is 4.82. The van der Waals surface area contributed by atoms with Gasteiger partial charge >= 0.3 is 0 Å². The molecule has 0 aliphatic rings. The van der Waals surface area contributed by atoms with Crippen LogP contribution in [0.25, 0.3) is 11.0 Å². The van der Waals surface area contributed by atoms with Crippen LogP contribution in [0.4, 0.5) is 4.39 Å². The highest BCUT2D eigenvalue weighted by molar-refractivity contribution is 6.31. The Morgan fingerprint density at radius 1 is 1.27 bits per heavy atom. The molecule has 1 heterocycles. The number of hydrogen-bond acceptors (Lipinski definition) is 3. The number of nitrogens with one attached hydrogen (secondary N) is 1. The van der Waals surface area contributed by atoms with Crippen LogP contribution in [-0.2, 0) is 11.4 Å². The molecule has 1 N–H and O–H groups in total.